The van der Waals surface area contributed by atoms with Crippen LogP contribution >= 0.6 is 0 Å². The van der Waals surface area contributed by atoms with Crippen LogP contribution < -0.4 is 15.2 Å². The minimum absolute atomic E-state index is 0.0326. The fourth-order valence-electron chi connectivity index (χ4n) is 6.46. The number of para-hydroxylation sites is 1. The molecule has 6 atom stereocenters. The van der Waals surface area contributed by atoms with E-state index in [1.165, 1.54) is 0 Å². The Hall–Kier alpha value is -4.10. The molecule has 0 spiro atoms. The minimum Gasteiger partial charge on any atom is -0.484 e. The largest absolute Gasteiger partial charge is 0.484 e. The zero-order valence-corrected chi connectivity index (χ0v) is 21.0. The fraction of sp³-hybridized carbons (Fsp3) is 0.211. The maximum atomic E-state index is 9.36. The van der Waals surface area contributed by atoms with Gasteiger partial charge in [0.25, 0.3) is 0 Å². The summed E-state index contributed by atoms with van der Waals surface area (Å²) in [5, 5.41) is 0.251. The van der Waals surface area contributed by atoms with Crippen molar-refractivity contribution in [3.05, 3.63) is 159 Å². The van der Waals surface area contributed by atoms with Gasteiger partial charge >= 0.3 is 0 Å². The van der Waals surface area contributed by atoms with E-state index < -0.39 is 54.9 Å². The van der Waals surface area contributed by atoms with E-state index in [4.69, 9.17) is 17.1 Å². The van der Waals surface area contributed by atoms with Gasteiger partial charge in [0.1, 0.15) is 11.9 Å². The predicted octanol–water partition coefficient (Wildman–Crippen LogP) is 7.32. The quantitative estimate of drug-likeness (QED) is 0.414. The van der Waals surface area contributed by atoms with Gasteiger partial charge in [0.2, 0.25) is 0 Å². The summed E-state index contributed by atoms with van der Waals surface area (Å²) >= 11 is 0. The van der Waals surface area contributed by atoms with Gasteiger partial charge in [0.05, 0.1) is 15.1 Å². The Balaban J connectivity index is 1.48. The Bertz CT molecular complexity index is 2410. The zero-order chi connectivity index (χ0) is 37.1. The van der Waals surface area contributed by atoms with E-state index in [1.54, 1.807) is 18.2 Å². The maximum absolute atomic E-state index is 9.36. The summed E-state index contributed by atoms with van der Waals surface area (Å²) in [4.78, 5) is 0. The van der Waals surface area contributed by atoms with Crippen LogP contribution in [0.15, 0.2) is 143 Å². The SMILES string of the molecule is [2H]C1=C([2H])C([2H])C([2H])C([2H])=C1C1=CCCC(C2=c3c([2H])c([2H])c([2H])c([2H])c3=C(C3=CC=CC4c5ccccc5OC34)C3C([2H])=C([2H])C([2H])=C([2H])C23)=C1. The molecular formula is C38H32O. The fourth-order valence-corrected chi connectivity index (χ4v) is 6.46. The van der Waals surface area contributed by atoms with Crippen LogP contribution in [0.4, 0.5) is 0 Å². The smallest absolute Gasteiger partial charge is 0.134 e. The van der Waals surface area contributed by atoms with Crippen molar-refractivity contribution in [1.82, 2.24) is 0 Å². The molecule has 1 heterocycles. The van der Waals surface area contributed by atoms with E-state index >= 15 is 0 Å². The number of hydrogen-bond acceptors (Lipinski definition) is 1. The Morgan fingerprint density at radius 3 is 2.62 bits per heavy atom. The third-order valence-electron chi connectivity index (χ3n) is 8.10. The molecular weight excluding hydrogens is 472 g/mol. The van der Waals surface area contributed by atoms with Crippen molar-refractivity contribution in [2.24, 2.45) is 11.8 Å². The molecule has 0 saturated carbocycles. The summed E-state index contributed by atoms with van der Waals surface area (Å²) in [6.45, 7) is 0. The molecule has 5 aliphatic carbocycles. The second kappa shape index (κ2) is 9.27. The van der Waals surface area contributed by atoms with Crippen LogP contribution in [-0.2, 0) is 0 Å². The van der Waals surface area contributed by atoms with Gasteiger partial charge in [-0.05, 0) is 75.6 Å². The lowest BCUT2D eigenvalue weighted by atomic mass is 9.67. The highest BCUT2D eigenvalue weighted by atomic mass is 16.5. The van der Waals surface area contributed by atoms with E-state index in [1.807, 2.05) is 36.4 Å². The maximum Gasteiger partial charge on any atom is 0.134 e. The van der Waals surface area contributed by atoms with Crippen LogP contribution in [0.5, 0.6) is 5.75 Å². The number of benzene rings is 2. The zero-order valence-electron chi connectivity index (χ0n) is 34.0. The molecule has 0 radical (unpaired) electrons. The molecule has 2 aromatic carbocycles. The van der Waals surface area contributed by atoms with Crippen LogP contribution in [0.1, 0.15) is 54.9 Å². The molecule has 39 heavy (non-hydrogen) atoms. The Morgan fingerprint density at radius 2 is 1.72 bits per heavy atom. The molecule has 0 bridgehead atoms. The highest BCUT2D eigenvalue weighted by Crippen LogP contribution is 2.49. The van der Waals surface area contributed by atoms with Gasteiger partial charge in [-0.25, -0.2) is 0 Å². The van der Waals surface area contributed by atoms with E-state index in [9.17, 15) is 5.48 Å². The molecule has 6 unspecified atom stereocenters. The summed E-state index contributed by atoms with van der Waals surface area (Å²) in [6, 6.07) is 3.45. The Morgan fingerprint density at radius 1 is 0.897 bits per heavy atom. The van der Waals surface area contributed by atoms with Crippen molar-refractivity contribution < 1.29 is 22.6 Å². The molecule has 2 aromatic rings. The van der Waals surface area contributed by atoms with Crippen LogP contribution in [0.25, 0.3) is 11.1 Å². The highest BCUT2D eigenvalue weighted by molar-refractivity contribution is 5.82. The third-order valence-corrected chi connectivity index (χ3v) is 8.10. The standard InChI is InChI=1S/C38H32O/c1-2-12-25(13-3-1)26-14-10-15-27(24-26)36-29-17-4-6-19-31(29)37(32-20-7-5-18-30(32)36)34-22-11-21-33-28-16-8-9-23-35(28)39-38(33)34/h2,4-9,11-14,16-24,29,31,33,38H,1,3,10,15H2/i1D,2D,3D,4D,5D,6D,7D,12D,13D,17D,18D,19D,20D. The first-order valence-electron chi connectivity index (χ1n) is 19.9. The molecule has 8 rings (SSSR count). The van der Waals surface area contributed by atoms with Crippen molar-refractivity contribution in [1.29, 1.82) is 0 Å². The van der Waals surface area contributed by atoms with Gasteiger partial charge in [-0.2, -0.15) is 0 Å². The van der Waals surface area contributed by atoms with E-state index in [-0.39, 0.29) is 64.3 Å². The van der Waals surface area contributed by atoms with Crippen molar-refractivity contribution in [3.63, 3.8) is 0 Å². The first-order chi connectivity index (χ1) is 24.8. The van der Waals surface area contributed by atoms with E-state index in [0.717, 1.165) is 5.56 Å². The topological polar surface area (TPSA) is 9.23 Å². The Labute approximate surface area is 248 Å². The number of rotatable bonds is 3. The molecule has 0 N–H and O–H groups in total. The van der Waals surface area contributed by atoms with Gasteiger partial charge in [-0.3, -0.25) is 0 Å². The minimum atomic E-state index is -1.38. The van der Waals surface area contributed by atoms with Crippen LogP contribution in [-0.4, -0.2) is 6.10 Å². The Kier molecular flexibility index (Phi) is 3.16. The van der Waals surface area contributed by atoms with Crippen molar-refractivity contribution in [2.45, 2.75) is 37.7 Å². The second-order valence-corrected chi connectivity index (χ2v) is 10.2. The summed E-state index contributed by atoms with van der Waals surface area (Å²) in [5.41, 5.74) is 3.04. The van der Waals surface area contributed by atoms with Crippen molar-refractivity contribution >= 4 is 11.1 Å². The molecule has 0 aromatic heterocycles. The lowest BCUT2D eigenvalue weighted by molar-refractivity contribution is 0.259. The molecule has 1 aliphatic heterocycles. The van der Waals surface area contributed by atoms with E-state index in [2.05, 4.69) is 0 Å². The molecule has 190 valence electrons. The molecule has 1 heteroatoms. The summed E-state index contributed by atoms with van der Waals surface area (Å²) in [5.74, 6) is -1.78. The molecule has 0 fully saturated rings. The summed E-state index contributed by atoms with van der Waals surface area (Å²) < 4.78 is 121. The number of allylic oxidation sites excluding steroid dienone is 14. The van der Waals surface area contributed by atoms with Gasteiger partial charge in [-0.1, -0.05) is 115 Å². The third kappa shape index (κ3) is 3.67. The lowest BCUT2D eigenvalue weighted by Gasteiger charge is -2.37. The molecule has 0 amide bonds. The molecule has 6 aliphatic rings. The highest BCUT2D eigenvalue weighted by Gasteiger charge is 2.41. The van der Waals surface area contributed by atoms with E-state index in [0.29, 0.717) is 46.5 Å². The van der Waals surface area contributed by atoms with Gasteiger partial charge in [-0.15, -0.1) is 0 Å². The van der Waals surface area contributed by atoms with Gasteiger partial charge < -0.3 is 4.74 Å². The second-order valence-electron chi connectivity index (χ2n) is 10.2. The first-order valence-corrected chi connectivity index (χ1v) is 13.2. The molecule has 0 saturated heterocycles. The number of hydrogen-bond donors (Lipinski definition) is 0. The van der Waals surface area contributed by atoms with Crippen LogP contribution in [0, 0.1) is 11.8 Å². The average Bonchev–Trinajstić information content (AvgIpc) is 3.54. The number of fused-ring (bicyclic) bond motifs is 5. The van der Waals surface area contributed by atoms with Gasteiger partial charge in [0, 0.05) is 26.1 Å². The average molecular weight is 518 g/mol. The van der Waals surface area contributed by atoms with Crippen LogP contribution in [0.3, 0.4) is 0 Å². The predicted molar refractivity (Wildman–Crippen MR) is 160 cm³/mol. The first kappa shape index (κ1) is 13.3. The molecule has 1 nitrogen and oxygen atoms in total. The lowest BCUT2D eigenvalue weighted by Crippen LogP contribution is -2.42. The van der Waals surface area contributed by atoms with Crippen molar-refractivity contribution in [2.75, 3.05) is 0 Å². The monoisotopic (exact) mass is 517 g/mol. The van der Waals surface area contributed by atoms with Gasteiger partial charge in [0.15, 0.2) is 0 Å². The number of ether oxygens (including phenoxy) is 1. The summed E-state index contributed by atoms with van der Waals surface area (Å²) in [6.07, 6.45) is 6.37. The summed E-state index contributed by atoms with van der Waals surface area (Å²) in [7, 11) is 0. The van der Waals surface area contributed by atoms with Crippen molar-refractivity contribution in [3.8, 4) is 5.75 Å². The normalized spacial score (nSPS) is 38.2. The van der Waals surface area contributed by atoms with Crippen LogP contribution in [0.2, 0.25) is 0 Å².